The molecule has 2 saturated heterocycles. The molecule has 1 aromatic heterocycles. The van der Waals surface area contributed by atoms with Gasteiger partial charge >= 0.3 is 6.36 Å². The Bertz CT molecular complexity index is 1420. The van der Waals surface area contributed by atoms with Crippen molar-refractivity contribution in [2.24, 2.45) is 0 Å². The number of hydrogen-bond donors (Lipinski definition) is 2. The van der Waals surface area contributed by atoms with E-state index in [0.717, 1.165) is 37.9 Å². The second kappa shape index (κ2) is 11.0. The van der Waals surface area contributed by atoms with E-state index < -0.39 is 34.1 Å². The monoisotopic (exact) mass is 563 g/mol. The first-order valence-corrected chi connectivity index (χ1v) is 14.7. The van der Waals surface area contributed by atoms with Gasteiger partial charge in [0, 0.05) is 30.2 Å². The highest BCUT2D eigenvalue weighted by molar-refractivity contribution is 7.91. The number of hydrogen-bond acceptors (Lipinski definition) is 7. The van der Waals surface area contributed by atoms with Gasteiger partial charge in [-0.15, -0.1) is 13.2 Å². The summed E-state index contributed by atoms with van der Waals surface area (Å²) < 4.78 is 71.7. The molecule has 2 unspecified atom stereocenters. The molecule has 210 valence electrons. The minimum atomic E-state index is -4.91. The summed E-state index contributed by atoms with van der Waals surface area (Å²) in [6.07, 6.45) is -1.06. The van der Waals surface area contributed by atoms with Crippen LogP contribution in [0.5, 0.6) is 5.75 Å². The molecule has 39 heavy (non-hydrogen) atoms. The predicted octanol–water partition coefficient (Wildman–Crippen LogP) is 4.78. The molecule has 2 aromatic carbocycles. The van der Waals surface area contributed by atoms with Gasteiger partial charge in [0.15, 0.2) is 0 Å². The summed E-state index contributed by atoms with van der Waals surface area (Å²) in [6.45, 7) is 4.14. The van der Waals surface area contributed by atoms with Crippen molar-refractivity contribution in [1.29, 1.82) is 0 Å². The number of piperidine rings is 2. The quantitative estimate of drug-likeness (QED) is 0.446. The van der Waals surface area contributed by atoms with Crippen molar-refractivity contribution in [2.75, 3.05) is 19.6 Å². The molecule has 7 nitrogen and oxygen atoms in total. The Labute approximate surface area is 225 Å². The smallest absolute Gasteiger partial charge is 0.406 e. The third-order valence-corrected chi connectivity index (χ3v) is 9.53. The number of aryl methyl sites for hydroxylation is 1. The van der Waals surface area contributed by atoms with Gasteiger partial charge < -0.3 is 15.2 Å². The Morgan fingerprint density at radius 2 is 1.82 bits per heavy atom. The van der Waals surface area contributed by atoms with Crippen molar-refractivity contribution in [3.05, 3.63) is 59.8 Å². The van der Waals surface area contributed by atoms with Crippen LogP contribution in [0, 0.1) is 0 Å². The second-order valence-electron chi connectivity index (χ2n) is 10.2. The molecule has 0 aliphatic carbocycles. The molecule has 0 saturated carbocycles. The third-order valence-electron chi connectivity index (χ3n) is 7.74. The van der Waals surface area contributed by atoms with E-state index in [1.165, 1.54) is 24.4 Å². The highest BCUT2D eigenvalue weighted by atomic mass is 32.2. The van der Waals surface area contributed by atoms with Crippen LogP contribution >= 0.6 is 0 Å². The lowest BCUT2D eigenvalue weighted by Gasteiger charge is -2.45. The normalized spacial score (nSPS) is 21.8. The second-order valence-corrected chi connectivity index (χ2v) is 12.1. The van der Waals surface area contributed by atoms with Gasteiger partial charge in [0.2, 0.25) is 9.84 Å². The first-order valence-electron chi connectivity index (χ1n) is 13.2. The fraction of sp³-hybridized carbons (Fsp3) is 0.464. The third kappa shape index (κ3) is 5.91. The summed E-state index contributed by atoms with van der Waals surface area (Å²) in [6, 6.07) is 9.99. The average Bonchev–Trinajstić information content (AvgIpc) is 2.92. The van der Waals surface area contributed by atoms with Gasteiger partial charge in [-0.25, -0.2) is 8.42 Å². The number of likely N-dealkylation sites (tertiary alicyclic amines) is 1. The Kier molecular flexibility index (Phi) is 7.87. The van der Waals surface area contributed by atoms with Crippen molar-refractivity contribution in [3.8, 4) is 5.75 Å². The molecule has 0 bridgehead atoms. The Balaban J connectivity index is 1.73. The van der Waals surface area contributed by atoms with Crippen LogP contribution < -0.4 is 10.1 Å². The number of alkyl halides is 3. The van der Waals surface area contributed by atoms with Crippen molar-refractivity contribution in [2.45, 2.75) is 73.4 Å². The van der Waals surface area contributed by atoms with E-state index in [1.54, 1.807) is 24.3 Å². The maximum absolute atomic E-state index is 14.1. The van der Waals surface area contributed by atoms with Crippen molar-refractivity contribution >= 4 is 20.7 Å². The number of sulfone groups is 1. The SMILES string of the molecule is CCc1ccc(S(=O)(=O)c2cnc3ccc(OC(F)(F)F)cc3c2C2CC(O)CCN2C2CCNCC2)cc1. The lowest BCUT2D eigenvalue weighted by molar-refractivity contribution is -0.274. The van der Waals surface area contributed by atoms with Gasteiger partial charge in [0.25, 0.3) is 0 Å². The number of benzene rings is 2. The molecule has 2 N–H and O–H groups in total. The lowest BCUT2D eigenvalue weighted by atomic mass is 9.88. The summed E-state index contributed by atoms with van der Waals surface area (Å²) in [5.41, 5.74) is 1.68. The zero-order valence-electron chi connectivity index (χ0n) is 21.6. The van der Waals surface area contributed by atoms with Crippen LogP contribution in [0.1, 0.15) is 49.8 Å². The number of pyridine rings is 1. The van der Waals surface area contributed by atoms with Crippen LogP contribution in [-0.2, 0) is 16.3 Å². The predicted molar refractivity (Wildman–Crippen MR) is 140 cm³/mol. The van der Waals surface area contributed by atoms with E-state index in [9.17, 15) is 26.7 Å². The molecule has 3 heterocycles. The first kappa shape index (κ1) is 27.8. The standard InChI is InChI=1S/C28H32F3N3O4S/c1-2-18-3-6-22(7-4-18)39(36,37)26-17-33-24-8-5-21(38-28(29,30)31)16-23(24)27(26)25-15-20(35)11-14-34(25)19-9-12-32-13-10-19/h3-8,16-17,19-20,25,32,35H,2,9-15H2,1H3. The van der Waals surface area contributed by atoms with Crippen molar-refractivity contribution in [3.63, 3.8) is 0 Å². The number of fused-ring (bicyclic) bond motifs is 1. The first-order chi connectivity index (χ1) is 18.6. The van der Waals surface area contributed by atoms with Gasteiger partial charge in [-0.2, -0.15) is 0 Å². The summed E-state index contributed by atoms with van der Waals surface area (Å²) in [5, 5.41) is 14.3. The molecular formula is C28H32F3N3O4S. The molecule has 0 radical (unpaired) electrons. The average molecular weight is 564 g/mol. The minimum absolute atomic E-state index is 0.0681. The Morgan fingerprint density at radius 1 is 1.10 bits per heavy atom. The van der Waals surface area contributed by atoms with Crippen LogP contribution in [0.4, 0.5) is 13.2 Å². The topological polar surface area (TPSA) is 91.8 Å². The van der Waals surface area contributed by atoms with Gasteiger partial charge in [-0.05, 0) is 86.7 Å². The summed E-state index contributed by atoms with van der Waals surface area (Å²) in [5.74, 6) is -0.454. The molecule has 5 rings (SSSR count). The van der Waals surface area contributed by atoms with Crippen molar-refractivity contribution in [1.82, 2.24) is 15.2 Å². The van der Waals surface area contributed by atoms with Gasteiger partial charge in [0.05, 0.1) is 21.4 Å². The van der Waals surface area contributed by atoms with E-state index in [2.05, 4.69) is 19.9 Å². The number of aromatic nitrogens is 1. The lowest BCUT2D eigenvalue weighted by Crippen LogP contribution is -2.49. The van der Waals surface area contributed by atoms with E-state index in [1.807, 2.05) is 6.92 Å². The molecule has 2 atom stereocenters. The molecular weight excluding hydrogens is 531 g/mol. The van der Waals surface area contributed by atoms with E-state index in [-0.39, 0.29) is 27.6 Å². The fourth-order valence-corrected chi connectivity index (χ4v) is 7.26. The molecule has 2 fully saturated rings. The Morgan fingerprint density at radius 3 is 2.49 bits per heavy atom. The number of nitrogens with zero attached hydrogens (tertiary/aromatic N) is 2. The number of halogens is 3. The van der Waals surface area contributed by atoms with E-state index in [4.69, 9.17) is 0 Å². The molecule has 3 aromatic rings. The van der Waals surface area contributed by atoms with Crippen LogP contribution in [0.15, 0.2) is 58.5 Å². The van der Waals surface area contributed by atoms with Gasteiger partial charge in [-0.1, -0.05) is 19.1 Å². The zero-order valence-corrected chi connectivity index (χ0v) is 22.4. The number of rotatable bonds is 6. The maximum Gasteiger partial charge on any atom is 0.573 e. The number of ether oxygens (including phenoxy) is 1. The molecule has 2 aliphatic rings. The fourth-order valence-electron chi connectivity index (χ4n) is 5.78. The largest absolute Gasteiger partial charge is 0.573 e. The molecule has 0 amide bonds. The molecule has 11 heteroatoms. The van der Waals surface area contributed by atoms with E-state index >= 15 is 0 Å². The Hall–Kier alpha value is -2.73. The summed E-state index contributed by atoms with van der Waals surface area (Å²) in [7, 11) is -4.10. The van der Waals surface area contributed by atoms with Crippen LogP contribution in [0.2, 0.25) is 0 Å². The van der Waals surface area contributed by atoms with Crippen LogP contribution in [0.3, 0.4) is 0 Å². The number of aliphatic hydroxyl groups excluding tert-OH is 1. The van der Waals surface area contributed by atoms with Crippen LogP contribution in [0.25, 0.3) is 10.9 Å². The number of aliphatic hydroxyl groups is 1. The van der Waals surface area contributed by atoms with Gasteiger partial charge in [0.1, 0.15) is 5.75 Å². The summed E-state index contributed by atoms with van der Waals surface area (Å²) >= 11 is 0. The van der Waals surface area contributed by atoms with Gasteiger partial charge in [-0.3, -0.25) is 9.88 Å². The van der Waals surface area contributed by atoms with Crippen molar-refractivity contribution < 1.29 is 31.4 Å². The van der Waals surface area contributed by atoms with E-state index in [0.29, 0.717) is 24.0 Å². The molecule has 2 aliphatic heterocycles. The minimum Gasteiger partial charge on any atom is -0.406 e. The zero-order chi connectivity index (χ0) is 27.8. The molecule has 0 spiro atoms. The summed E-state index contributed by atoms with van der Waals surface area (Å²) in [4.78, 5) is 6.58. The maximum atomic E-state index is 14.1. The number of nitrogens with one attached hydrogen (secondary N) is 1. The highest BCUT2D eigenvalue weighted by Crippen LogP contribution is 2.43. The highest BCUT2D eigenvalue weighted by Gasteiger charge is 2.39. The van der Waals surface area contributed by atoms with Crippen LogP contribution in [-0.4, -0.2) is 61.6 Å².